The molecule has 0 spiro atoms. The van der Waals surface area contributed by atoms with Crippen LogP contribution in [0.1, 0.15) is 11.4 Å². The average molecular weight is 190 g/mol. The summed E-state index contributed by atoms with van der Waals surface area (Å²) in [6.07, 6.45) is 0. The topological polar surface area (TPSA) is 115 Å². The molecule has 0 saturated carbocycles. The lowest BCUT2D eigenvalue weighted by Gasteiger charge is -1.96. The van der Waals surface area contributed by atoms with Gasteiger partial charge in [0.1, 0.15) is 4.90 Å². The van der Waals surface area contributed by atoms with E-state index in [0.29, 0.717) is 5.69 Å². The first-order valence-electron chi connectivity index (χ1n) is 3.23. The average Bonchev–Trinajstić information content (AvgIpc) is 2.29. The highest BCUT2D eigenvalue weighted by molar-refractivity contribution is 7.89. The van der Waals surface area contributed by atoms with Crippen LogP contribution in [0.4, 0.5) is 0 Å². The van der Waals surface area contributed by atoms with E-state index in [-0.39, 0.29) is 17.1 Å². The first-order chi connectivity index (χ1) is 5.46. The minimum atomic E-state index is -3.71. The Labute approximate surface area is 70.0 Å². The number of aromatic nitrogens is 2. The van der Waals surface area contributed by atoms with Gasteiger partial charge in [-0.2, -0.15) is 5.10 Å². The Morgan fingerprint density at radius 1 is 1.58 bits per heavy atom. The summed E-state index contributed by atoms with van der Waals surface area (Å²) >= 11 is 0. The minimum absolute atomic E-state index is 0.00463. The van der Waals surface area contributed by atoms with Crippen LogP contribution in [0.15, 0.2) is 4.90 Å². The lowest BCUT2D eigenvalue weighted by atomic mass is 10.4. The molecule has 0 aliphatic heterocycles. The van der Waals surface area contributed by atoms with Crippen LogP contribution < -0.4 is 10.9 Å². The van der Waals surface area contributed by atoms with Crippen molar-refractivity contribution >= 4 is 10.0 Å². The molecule has 12 heavy (non-hydrogen) atoms. The SMILES string of the molecule is Cc1[nH]nc(CN)c1S(N)(=O)=O. The molecule has 68 valence electrons. The maximum atomic E-state index is 11.0. The van der Waals surface area contributed by atoms with Gasteiger partial charge in [0.05, 0.1) is 11.4 Å². The normalized spacial score (nSPS) is 11.9. The number of rotatable bonds is 2. The number of primary sulfonamides is 1. The third kappa shape index (κ3) is 1.47. The number of aromatic amines is 1. The monoisotopic (exact) mass is 190 g/mol. The fourth-order valence-corrected chi connectivity index (χ4v) is 1.92. The highest BCUT2D eigenvalue weighted by Gasteiger charge is 2.18. The number of hydrogen-bond acceptors (Lipinski definition) is 4. The number of nitrogens with zero attached hydrogens (tertiary/aromatic N) is 1. The molecule has 0 bridgehead atoms. The predicted molar refractivity (Wildman–Crippen MR) is 42.6 cm³/mol. The molecule has 0 radical (unpaired) electrons. The van der Waals surface area contributed by atoms with Gasteiger partial charge < -0.3 is 5.73 Å². The summed E-state index contributed by atoms with van der Waals surface area (Å²) in [5.41, 5.74) is 5.95. The summed E-state index contributed by atoms with van der Waals surface area (Å²) in [4.78, 5) is 0.00463. The highest BCUT2D eigenvalue weighted by atomic mass is 32.2. The Morgan fingerprint density at radius 3 is 2.50 bits per heavy atom. The summed E-state index contributed by atoms with van der Waals surface area (Å²) < 4.78 is 21.9. The van der Waals surface area contributed by atoms with Gasteiger partial charge in [0.25, 0.3) is 0 Å². The summed E-state index contributed by atoms with van der Waals surface area (Å²) in [6, 6.07) is 0. The molecule has 1 heterocycles. The van der Waals surface area contributed by atoms with Crippen LogP contribution in [-0.4, -0.2) is 18.6 Å². The summed E-state index contributed by atoms with van der Waals surface area (Å²) in [6.45, 7) is 1.63. The number of nitrogens with two attached hydrogens (primary N) is 2. The predicted octanol–water partition coefficient (Wildman–Crippen LogP) is -1.18. The van der Waals surface area contributed by atoms with E-state index in [4.69, 9.17) is 10.9 Å². The summed E-state index contributed by atoms with van der Waals surface area (Å²) in [7, 11) is -3.71. The first kappa shape index (κ1) is 9.17. The fourth-order valence-electron chi connectivity index (χ4n) is 0.985. The van der Waals surface area contributed by atoms with Gasteiger partial charge in [-0.1, -0.05) is 0 Å². The molecule has 0 aliphatic rings. The van der Waals surface area contributed by atoms with Crippen molar-refractivity contribution in [3.8, 4) is 0 Å². The van der Waals surface area contributed by atoms with E-state index in [1.807, 2.05) is 0 Å². The molecular weight excluding hydrogens is 180 g/mol. The Kier molecular flexibility index (Phi) is 2.18. The molecular formula is C5H10N4O2S. The second kappa shape index (κ2) is 2.85. The van der Waals surface area contributed by atoms with E-state index in [0.717, 1.165) is 0 Å². The van der Waals surface area contributed by atoms with Gasteiger partial charge in [0.2, 0.25) is 10.0 Å². The minimum Gasteiger partial charge on any atom is -0.325 e. The number of nitrogens with one attached hydrogen (secondary N) is 1. The number of H-pyrrole nitrogens is 1. The standard InChI is InChI=1S/C5H10N4O2S/c1-3-5(12(7,10)11)4(2-6)9-8-3/h2,6H2,1H3,(H,8,9)(H2,7,10,11). The third-order valence-electron chi connectivity index (χ3n) is 1.44. The molecule has 0 amide bonds. The fraction of sp³-hybridized carbons (Fsp3) is 0.400. The maximum Gasteiger partial charge on any atom is 0.241 e. The van der Waals surface area contributed by atoms with Gasteiger partial charge >= 0.3 is 0 Å². The zero-order chi connectivity index (χ0) is 9.35. The van der Waals surface area contributed by atoms with Gasteiger partial charge in [0.15, 0.2) is 0 Å². The van der Waals surface area contributed by atoms with Crippen molar-refractivity contribution in [2.75, 3.05) is 0 Å². The Morgan fingerprint density at radius 2 is 2.17 bits per heavy atom. The van der Waals surface area contributed by atoms with Crippen molar-refractivity contribution in [2.45, 2.75) is 18.4 Å². The van der Waals surface area contributed by atoms with Crippen molar-refractivity contribution in [2.24, 2.45) is 10.9 Å². The molecule has 0 saturated heterocycles. The number of hydrogen-bond donors (Lipinski definition) is 3. The van der Waals surface area contributed by atoms with Crippen molar-refractivity contribution in [1.82, 2.24) is 10.2 Å². The Bertz CT molecular complexity index is 380. The van der Waals surface area contributed by atoms with Crippen LogP contribution in [0, 0.1) is 6.92 Å². The zero-order valence-corrected chi connectivity index (χ0v) is 7.35. The van der Waals surface area contributed by atoms with E-state index in [1.165, 1.54) is 0 Å². The van der Waals surface area contributed by atoms with E-state index >= 15 is 0 Å². The van der Waals surface area contributed by atoms with E-state index in [2.05, 4.69) is 10.2 Å². The largest absolute Gasteiger partial charge is 0.325 e. The van der Waals surface area contributed by atoms with Gasteiger partial charge in [-0.05, 0) is 6.92 Å². The molecule has 7 heteroatoms. The van der Waals surface area contributed by atoms with Crippen LogP contribution in [0.3, 0.4) is 0 Å². The van der Waals surface area contributed by atoms with Crippen molar-refractivity contribution in [3.63, 3.8) is 0 Å². The van der Waals surface area contributed by atoms with E-state index in [1.54, 1.807) is 6.92 Å². The number of sulfonamides is 1. The smallest absolute Gasteiger partial charge is 0.241 e. The molecule has 1 aromatic rings. The maximum absolute atomic E-state index is 11.0. The van der Waals surface area contributed by atoms with Gasteiger partial charge in [0, 0.05) is 6.54 Å². The molecule has 0 atom stereocenters. The van der Waals surface area contributed by atoms with Crippen molar-refractivity contribution in [1.29, 1.82) is 0 Å². The van der Waals surface area contributed by atoms with Crippen molar-refractivity contribution < 1.29 is 8.42 Å². The molecule has 0 aromatic carbocycles. The summed E-state index contributed by atoms with van der Waals surface area (Å²) in [5, 5.41) is 11.1. The van der Waals surface area contributed by atoms with Crippen LogP contribution in [-0.2, 0) is 16.6 Å². The van der Waals surface area contributed by atoms with Gasteiger partial charge in [-0.15, -0.1) is 0 Å². The van der Waals surface area contributed by atoms with Crippen molar-refractivity contribution in [3.05, 3.63) is 11.4 Å². The quantitative estimate of drug-likeness (QED) is 0.544. The van der Waals surface area contributed by atoms with Gasteiger partial charge in [-0.3, -0.25) is 5.10 Å². The third-order valence-corrected chi connectivity index (χ3v) is 2.55. The van der Waals surface area contributed by atoms with Gasteiger partial charge in [-0.25, -0.2) is 13.6 Å². The second-order valence-electron chi connectivity index (χ2n) is 2.37. The molecule has 0 fully saturated rings. The molecule has 0 aliphatic carbocycles. The first-order valence-corrected chi connectivity index (χ1v) is 4.78. The zero-order valence-electron chi connectivity index (χ0n) is 6.53. The second-order valence-corrected chi connectivity index (χ2v) is 3.87. The lowest BCUT2D eigenvalue weighted by Crippen LogP contribution is -2.16. The Hall–Kier alpha value is -0.920. The van der Waals surface area contributed by atoms with E-state index < -0.39 is 10.0 Å². The van der Waals surface area contributed by atoms with Crippen LogP contribution in [0.5, 0.6) is 0 Å². The Balaban J connectivity index is 3.39. The van der Waals surface area contributed by atoms with E-state index in [9.17, 15) is 8.42 Å². The lowest BCUT2D eigenvalue weighted by molar-refractivity contribution is 0.596. The van der Waals surface area contributed by atoms with Crippen LogP contribution >= 0.6 is 0 Å². The van der Waals surface area contributed by atoms with Crippen LogP contribution in [0.2, 0.25) is 0 Å². The summed E-state index contributed by atoms with van der Waals surface area (Å²) in [5.74, 6) is 0. The molecule has 1 rings (SSSR count). The molecule has 6 nitrogen and oxygen atoms in total. The molecule has 5 N–H and O–H groups in total. The highest BCUT2D eigenvalue weighted by Crippen LogP contribution is 2.14. The molecule has 0 unspecified atom stereocenters. The van der Waals surface area contributed by atoms with Crippen LogP contribution in [0.25, 0.3) is 0 Å². The molecule has 1 aromatic heterocycles. The number of aryl methyl sites for hydroxylation is 1.